The molecular weight excluding hydrogens is 289 g/mol. The highest BCUT2D eigenvalue weighted by Crippen LogP contribution is 2.36. The number of rotatable bonds is 4. The Morgan fingerprint density at radius 1 is 1.64 bits per heavy atom. The molecule has 0 unspecified atom stereocenters. The molecule has 3 rings (SSSR count). The summed E-state index contributed by atoms with van der Waals surface area (Å²) in [6.07, 6.45) is 3.18. The van der Waals surface area contributed by atoms with Crippen LogP contribution in [0.1, 0.15) is 19.3 Å². The van der Waals surface area contributed by atoms with Gasteiger partial charge in [-0.1, -0.05) is 0 Å². The van der Waals surface area contributed by atoms with E-state index in [2.05, 4.69) is 10.3 Å². The largest absolute Gasteiger partial charge is 0.396 e. The van der Waals surface area contributed by atoms with Gasteiger partial charge in [0, 0.05) is 32.1 Å². The molecule has 0 radical (unpaired) electrons. The highest BCUT2D eigenvalue weighted by atomic mass is 19.1. The second-order valence-corrected chi connectivity index (χ2v) is 5.91. The minimum Gasteiger partial charge on any atom is -0.396 e. The summed E-state index contributed by atoms with van der Waals surface area (Å²) in [6, 6.07) is 2.90. The van der Waals surface area contributed by atoms with E-state index in [1.165, 1.54) is 6.07 Å². The Bertz CT molecular complexity index is 557. The lowest BCUT2D eigenvalue weighted by Crippen LogP contribution is -2.36. The van der Waals surface area contributed by atoms with Crippen LogP contribution >= 0.6 is 0 Å². The number of aromatic nitrogens is 1. The zero-order valence-corrected chi connectivity index (χ0v) is 12.3. The summed E-state index contributed by atoms with van der Waals surface area (Å²) >= 11 is 0. The number of carbonyl (C=O) groups is 1. The van der Waals surface area contributed by atoms with Crippen LogP contribution in [0.2, 0.25) is 0 Å². The van der Waals surface area contributed by atoms with Crippen molar-refractivity contribution in [3.8, 4) is 0 Å². The van der Waals surface area contributed by atoms with Crippen LogP contribution in [0.3, 0.4) is 0 Å². The van der Waals surface area contributed by atoms with Crippen LogP contribution in [0.15, 0.2) is 18.3 Å². The normalized spacial score (nSPS) is 27.5. The molecule has 1 amide bonds. The van der Waals surface area contributed by atoms with Crippen molar-refractivity contribution in [3.63, 3.8) is 0 Å². The van der Waals surface area contributed by atoms with Gasteiger partial charge in [0.2, 0.25) is 5.91 Å². The zero-order valence-electron chi connectivity index (χ0n) is 12.3. The van der Waals surface area contributed by atoms with Crippen molar-refractivity contribution < 1.29 is 19.0 Å². The molecular formula is C15H20FN3O3. The Morgan fingerprint density at radius 3 is 3.27 bits per heavy atom. The van der Waals surface area contributed by atoms with Gasteiger partial charge in [-0.15, -0.1) is 0 Å². The molecule has 120 valence electrons. The van der Waals surface area contributed by atoms with E-state index in [9.17, 15) is 9.18 Å². The summed E-state index contributed by atoms with van der Waals surface area (Å²) in [5.74, 6) is -0.191. The van der Waals surface area contributed by atoms with Gasteiger partial charge in [0.05, 0.1) is 24.9 Å². The smallest absolute Gasteiger partial charge is 0.224 e. The van der Waals surface area contributed by atoms with Gasteiger partial charge < -0.3 is 20.1 Å². The Balaban J connectivity index is 1.59. The predicted octanol–water partition coefficient (Wildman–Crippen LogP) is 0.775. The van der Waals surface area contributed by atoms with Gasteiger partial charge >= 0.3 is 0 Å². The van der Waals surface area contributed by atoms with E-state index in [0.29, 0.717) is 26.1 Å². The fourth-order valence-corrected chi connectivity index (χ4v) is 3.22. The van der Waals surface area contributed by atoms with Crippen molar-refractivity contribution in [2.75, 3.05) is 31.6 Å². The highest BCUT2D eigenvalue weighted by molar-refractivity contribution is 5.76. The van der Waals surface area contributed by atoms with Crippen molar-refractivity contribution in [3.05, 3.63) is 24.1 Å². The van der Waals surface area contributed by atoms with E-state index in [1.54, 1.807) is 17.2 Å². The molecule has 2 aliphatic rings. The summed E-state index contributed by atoms with van der Waals surface area (Å²) in [6.45, 7) is 1.52. The fourth-order valence-electron chi connectivity index (χ4n) is 3.22. The molecule has 2 atom stereocenters. The summed E-state index contributed by atoms with van der Waals surface area (Å²) in [5, 5.41) is 11.9. The van der Waals surface area contributed by atoms with Crippen molar-refractivity contribution in [1.82, 2.24) is 9.88 Å². The minimum absolute atomic E-state index is 0.0164. The van der Waals surface area contributed by atoms with E-state index in [1.807, 2.05) is 0 Å². The van der Waals surface area contributed by atoms with Crippen molar-refractivity contribution in [2.24, 2.45) is 0 Å². The second-order valence-electron chi connectivity index (χ2n) is 5.91. The molecule has 7 heteroatoms. The minimum atomic E-state index is -0.380. The van der Waals surface area contributed by atoms with Crippen LogP contribution in [0.4, 0.5) is 10.2 Å². The SMILES string of the molecule is O=C(CCO)N1CC[C@]2(C[C@@H](Nc3ncccc3F)CO2)C1. The second kappa shape index (κ2) is 6.18. The molecule has 2 saturated heterocycles. The molecule has 2 aliphatic heterocycles. The fraction of sp³-hybridized carbons (Fsp3) is 0.600. The number of ether oxygens (including phenoxy) is 1. The average molecular weight is 309 g/mol. The number of nitrogens with one attached hydrogen (secondary N) is 1. The van der Waals surface area contributed by atoms with Gasteiger partial charge in [0.25, 0.3) is 0 Å². The molecule has 0 aromatic carbocycles. The lowest BCUT2D eigenvalue weighted by Gasteiger charge is -2.23. The molecule has 1 aromatic heterocycles. The first-order valence-electron chi connectivity index (χ1n) is 7.51. The quantitative estimate of drug-likeness (QED) is 0.859. The van der Waals surface area contributed by atoms with Gasteiger partial charge in [-0.3, -0.25) is 4.79 Å². The number of hydrogen-bond donors (Lipinski definition) is 2. The number of pyridine rings is 1. The zero-order chi connectivity index (χ0) is 15.6. The van der Waals surface area contributed by atoms with E-state index in [0.717, 1.165) is 6.42 Å². The van der Waals surface area contributed by atoms with E-state index < -0.39 is 0 Å². The monoisotopic (exact) mass is 309 g/mol. The van der Waals surface area contributed by atoms with Gasteiger partial charge in [-0.25, -0.2) is 9.37 Å². The molecule has 0 bridgehead atoms. The molecule has 1 aromatic rings. The Hall–Kier alpha value is -1.73. The number of halogens is 1. The lowest BCUT2D eigenvalue weighted by molar-refractivity contribution is -0.131. The van der Waals surface area contributed by atoms with Crippen LogP contribution in [-0.4, -0.2) is 58.8 Å². The van der Waals surface area contributed by atoms with Crippen molar-refractivity contribution in [2.45, 2.75) is 30.9 Å². The third-order valence-corrected chi connectivity index (χ3v) is 4.30. The maximum absolute atomic E-state index is 13.6. The third-order valence-electron chi connectivity index (χ3n) is 4.30. The van der Waals surface area contributed by atoms with Gasteiger partial charge in [-0.2, -0.15) is 0 Å². The molecule has 22 heavy (non-hydrogen) atoms. The first-order chi connectivity index (χ1) is 10.6. The van der Waals surface area contributed by atoms with Crippen LogP contribution in [0.25, 0.3) is 0 Å². The predicted molar refractivity (Wildman–Crippen MR) is 77.8 cm³/mol. The number of hydrogen-bond acceptors (Lipinski definition) is 5. The molecule has 2 fully saturated rings. The summed E-state index contributed by atoms with van der Waals surface area (Å²) in [4.78, 5) is 17.6. The van der Waals surface area contributed by atoms with Gasteiger partial charge in [0.15, 0.2) is 11.6 Å². The maximum Gasteiger partial charge on any atom is 0.224 e. The molecule has 0 saturated carbocycles. The van der Waals surface area contributed by atoms with Crippen molar-refractivity contribution in [1.29, 1.82) is 0 Å². The number of carbonyl (C=O) groups excluding carboxylic acids is 1. The first-order valence-corrected chi connectivity index (χ1v) is 7.51. The van der Waals surface area contributed by atoms with Crippen LogP contribution in [-0.2, 0) is 9.53 Å². The maximum atomic E-state index is 13.6. The van der Waals surface area contributed by atoms with E-state index >= 15 is 0 Å². The van der Waals surface area contributed by atoms with Gasteiger partial charge in [0.1, 0.15) is 0 Å². The topological polar surface area (TPSA) is 74.7 Å². The number of nitrogens with zero attached hydrogens (tertiary/aromatic N) is 2. The van der Waals surface area contributed by atoms with Crippen LogP contribution in [0, 0.1) is 5.82 Å². The van der Waals surface area contributed by atoms with E-state index in [-0.39, 0.29) is 42.2 Å². The molecule has 3 heterocycles. The molecule has 0 aliphatic carbocycles. The molecule has 6 nitrogen and oxygen atoms in total. The summed E-state index contributed by atoms with van der Waals surface area (Å²) in [7, 11) is 0. The third kappa shape index (κ3) is 3.05. The van der Waals surface area contributed by atoms with Crippen molar-refractivity contribution >= 4 is 11.7 Å². The molecule has 2 N–H and O–H groups in total. The number of anilines is 1. The van der Waals surface area contributed by atoms with Crippen LogP contribution < -0.4 is 5.32 Å². The average Bonchev–Trinajstić information content (AvgIpc) is 3.10. The first kappa shape index (κ1) is 15.2. The number of likely N-dealkylation sites (tertiary alicyclic amines) is 1. The standard InChI is InChI=1S/C15H20FN3O3/c16-12-2-1-5-17-14(12)18-11-8-15(22-9-11)4-6-19(10-15)13(21)3-7-20/h1-2,5,11,20H,3-4,6-10H2,(H,17,18)/t11-,15+/m1/s1. The Kier molecular flexibility index (Phi) is 4.26. The van der Waals surface area contributed by atoms with Crippen LogP contribution in [0.5, 0.6) is 0 Å². The summed E-state index contributed by atoms with van der Waals surface area (Å²) in [5.41, 5.74) is -0.353. The highest BCUT2D eigenvalue weighted by Gasteiger charge is 2.46. The summed E-state index contributed by atoms with van der Waals surface area (Å²) < 4.78 is 19.5. The lowest BCUT2D eigenvalue weighted by atomic mass is 9.97. The number of aliphatic hydroxyl groups excluding tert-OH is 1. The number of aliphatic hydroxyl groups is 1. The Morgan fingerprint density at radius 2 is 2.50 bits per heavy atom. The van der Waals surface area contributed by atoms with E-state index in [4.69, 9.17) is 9.84 Å². The number of amides is 1. The Labute approximate surface area is 128 Å². The van der Waals surface area contributed by atoms with Gasteiger partial charge in [-0.05, 0) is 18.6 Å². The molecule has 1 spiro atoms.